The molecule has 0 saturated heterocycles. The van der Waals surface area contributed by atoms with Crippen molar-refractivity contribution in [2.45, 2.75) is 46.1 Å². The quantitative estimate of drug-likeness (QED) is 0.456. The summed E-state index contributed by atoms with van der Waals surface area (Å²) in [6.45, 7) is 5.01. The molecule has 5 rings (SSSR count). The van der Waals surface area contributed by atoms with E-state index in [2.05, 4.69) is 10.5 Å². The molecule has 0 bridgehead atoms. The minimum Gasteiger partial charge on any atom is -0.494 e. The molecule has 1 aliphatic heterocycles. The molecule has 1 aromatic carbocycles. The first-order valence-corrected chi connectivity index (χ1v) is 11.9. The van der Waals surface area contributed by atoms with E-state index in [0.29, 0.717) is 39.5 Å². The average molecular weight is 465 g/mol. The highest BCUT2D eigenvalue weighted by Gasteiger charge is 2.23. The highest BCUT2D eigenvalue weighted by molar-refractivity contribution is 7.20. The molecule has 0 radical (unpaired) electrons. The number of hydrogen-bond acceptors (Lipinski definition) is 7. The Hall–Kier alpha value is -3.46. The van der Waals surface area contributed by atoms with Crippen LogP contribution in [-0.4, -0.2) is 27.2 Å². The first-order valence-electron chi connectivity index (χ1n) is 11.1. The van der Waals surface area contributed by atoms with Gasteiger partial charge in [-0.3, -0.25) is 19.5 Å². The normalized spacial score (nSPS) is 13.5. The minimum atomic E-state index is -0.343. The van der Waals surface area contributed by atoms with Gasteiger partial charge in [0.2, 0.25) is 5.88 Å². The Kier molecular flexibility index (Phi) is 5.72. The number of ether oxygens (including phenoxy) is 1. The Morgan fingerprint density at radius 3 is 2.85 bits per heavy atom. The summed E-state index contributed by atoms with van der Waals surface area (Å²) in [5.41, 5.74) is 2.04. The number of amides is 1. The molecule has 3 aromatic heterocycles. The van der Waals surface area contributed by atoms with Gasteiger partial charge in [0.05, 0.1) is 16.9 Å². The molecule has 0 unspecified atom stereocenters. The van der Waals surface area contributed by atoms with Crippen molar-refractivity contribution < 1.29 is 14.1 Å². The zero-order valence-electron chi connectivity index (χ0n) is 18.5. The monoisotopic (exact) mass is 464 g/mol. The van der Waals surface area contributed by atoms with E-state index in [0.717, 1.165) is 42.8 Å². The van der Waals surface area contributed by atoms with E-state index in [1.165, 1.54) is 11.3 Å². The fourth-order valence-electron chi connectivity index (χ4n) is 4.15. The predicted octanol–water partition coefficient (Wildman–Crippen LogP) is 4.80. The van der Waals surface area contributed by atoms with E-state index >= 15 is 0 Å². The second-order valence-electron chi connectivity index (χ2n) is 8.02. The summed E-state index contributed by atoms with van der Waals surface area (Å²) in [7, 11) is 0. The molecule has 9 heteroatoms. The highest BCUT2D eigenvalue weighted by Crippen LogP contribution is 2.30. The fraction of sp³-hybridized carbons (Fsp3) is 0.333. The number of carbonyl (C=O) groups excluding carboxylic acids is 1. The van der Waals surface area contributed by atoms with Crippen LogP contribution >= 0.6 is 11.3 Å². The number of rotatable bonds is 5. The molecule has 0 aliphatic carbocycles. The maximum absolute atomic E-state index is 13.1. The number of nitrogens with one attached hydrogen (secondary N) is 1. The van der Waals surface area contributed by atoms with Crippen LogP contribution in [0, 0.1) is 6.92 Å². The van der Waals surface area contributed by atoms with Crippen molar-refractivity contribution in [2.24, 2.45) is 0 Å². The van der Waals surface area contributed by atoms with Gasteiger partial charge in [-0.25, -0.2) is 4.98 Å². The number of hydrogen-bond donors (Lipinski definition) is 1. The minimum absolute atomic E-state index is 0.0536. The Bertz CT molecular complexity index is 1380. The van der Waals surface area contributed by atoms with E-state index in [-0.39, 0.29) is 17.4 Å². The lowest BCUT2D eigenvalue weighted by atomic mass is 10.1. The highest BCUT2D eigenvalue weighted by atomic mass is 32.1. The summed E-state index contributed by atoms with van der Waals surface area (Å²) >= 11 is 1.24. The standard InChI is InChI=1S/C24H24N4O4S/c1-3-31-16-10-8-15(9-11-16)17-13-19(32-27-17)26-22(29)21-14(2)20-23(33-21)25-18-7-5-4-6-12-28(18)24(20)30/h8-11,13H,3-7,12H2,1-2H3,(H,26,29). The summed E-state index contributed by atoms with van der Waals surface area (Å²) in [4.78, 5) is 31.9. The molecule has 4 aromatic rings. The molecule has 1 amide bonds. The topological polar surface area (TPSA) is 99.2 Å². The van der Waals surface area contributed by atoms with Gasteiger partial charge in [0, 0.05) is 24.6 Å². The van der Waals surface area contributed by atoms with Crippen LogP contribution < -0.4 is 15.6 Å². The van der Waals surface area contributed by atoms with Gasteiger partial charge in [-0.1, -0.05) is 11.6 Å². The number of nitrogens with zero attached hydrogens (tertiary/aromatic N) is 3. The maximum Gasteiger partial charge on any atom is 0.268 e. The van der Waals surface area contributed by atoms with E-state index in [4.69, 9.17) is 14.2 Å². The second kappa shape index (κ2) is 8.82. The van der Waals surface area contributed by atoms with Crippen LogP contribution in [0.5, 0.6) is 5.75 Å². The number of aromatic nitrogens is 3. The Morgan fingerprint density at radius 1 is 1.24 bits per heavy atom. The lowest BCUT2D eigenvalue weighted by molar-refractivity contribution is 0.102. The van der Waals surface area contributed by atoms with Gasteiger partial charge < -0.3 is 9.26 Å². The van der Waals surface area contributed by atoms with E-state index in [1.807, 2.05) is 31.2 Å². The van der Waals surface area contributed by atoms with Gasteiger partial charge in [0.1, 0.15) is 22.1 Å². The van der Waals surface area contributed by atoms with Crippen molar-refractivity contribution in [3.05, 3.63) is 57.0 Å². The SMILES string of the molecule is CCOc1ccc(-c2cc(NC(=O)c3sc4nc5n(c(=O)c4c3C)CCCCC5)on2)cc1. The summed E-state index contributed by atoms with van der Waals surface area (Å²) in [5.74, 6) is 1.49. The molecule has 170 valence electrons. The third-order valence-electron chi connectivity index (χ3n) is 5.83. The van der Waals surface area contributed by atoms with E-state index in [9.17, 15) is 9.59 Å². The van der Waals surface area contributed by atoms with Crippen LogP contribution in [0.3, 0.4) is 0 Å². The zero-order valence-corrected chi connectivity index (χ0v) is 19.3. The molecule has 1 N–H and O–H groups in total. The Labute approximate surface area is 194 Å². The predicted molar refractivity (Wildman–Crippen MR) is 127 cm³/mol. The summed E-state index contributed by atoms with van der Waals surface area (Å²) < 4.78 is 12.6. The van der Waals surface area contributed by atoms with Gasteiger partial charge >= 0.3 is 0 Å². The first kappa shape index (κ1) is 21.4. The molecule has 4 heterocycles. The summed E-state index contributed by atoms with van der Waals surface area (Å²) in [5, 5.41) is 7.35. The Morgan fingerprint density at radius 2 is 2.06 bits per heavy atom. The third kappa shape index (κ3) is 4.04. The molecule has 1 aliphatic rings. The molecular weight excluding hydrogens is 440 g/mol. The first-order chi connectivity index (χ1) is 16.0. The maximum atomic E-state index is 13.1. The summed E-state index contributed by atoms with van der Waals surface area (Å²) in [6, 6.07) is 9.16. The van der Waals surface area contributed by atoms with Crippen molar-refractivity contribution in [2.75, 3.05) is 11.9 Å². The van der Waals surface area contributed by atoms with Crippen LogP contribution in [0.4, 0.5) is 5.88 Å². The van der Waals surface area contributed by atoms with Crippen molar-refractivity contribution >= 4 is 33.3 Å². The second-order valence-corrected chi connectivity index (χ2v) is 9.02. The molecule has 33 heavy (non-hydrogen) atoms. The molecule has 0 spiro atoms. The van der Waals surface area contributed by atoms with Gasteiger partial charge in [0.15, 0.2) is 0 Å². The van der Waals surface area contributed by atoms with Crippen LogP contribution in [0.2, 0.25) is 0 Å². The van der Waals surface area contributed by atoms with E-state index < -0.39 is 0 Å². The van der Waals surface area contributed by atoms with Gasteiger partial charge in [-0.05, 0) is 56.5 Å². The van der Waals surface area contributed by atoms with Crippen LogP contribution in [0.15, 0.2) is 39.6 Å². The van der Waals surface area contributed by atoms with Crippen LogP contribution in [0.1, 0.15) is 47.2 Å². The number of carbonyl (C=O) groups is 1. The van der Waals surface area contributed by atoms with Gasteiger partial charge in [0.25, 0.3) is 11.5 Å². The van der Waals surface area contributed by atoms with Crippen molar-refractivity contribution in [3.8, 4) is 17.0 Å². The largest absolute Gasteiger partial charge is 0.494 e. The lowest BCUT2D eigenvalue weighted by Gasteiger charge is -2.08. The van der Waals surface area contributed by atoms with E-state index in [1.54, 1.807) is 17.6 Å². The molecule has 0 saturated carbocycles. The zero-order chi connectivity index (χ0) is 22.9. The molecule has 0 atom stereocenters. The summed E-state index contributed by atoms with van der Waals surface area (Å²) in [6.07, 6.45) is 3.88. The average Bonchev–Trinajstić information content (AvgIpc) is 3.31. The number of aryl methyl sites for hydroxylation is 2. The molecule has 0 fully saturated rings. The fourth-order valence-corrected chi connectivity index (χ4v) is 5.24. The van der Waals surface area contributed by atoms with Crippen LogP contribution in [-0.2, 0) is 13.0 Å². The Balaban J connectivity index is 1.40. The lowest BCUT2D eigenvalue weighted by Crippen LogP contribution is -2.24. The van der Waals surface area contributed by atoms with Crippen LogP contribution in [0.25, 0.3) is 21.5 Å². The number of fused-ring (bicyclic) bond motifs is 2. The number of benzene rings is 1. The molecular formula is C24H24N4O4S. The smallest absolute Gasteiger partial charge is 0.268 e. The number of thiophene rings is 1. The third-order valence-corrected chi connectivity index (χ3v) is 7.01. The van der Waals surface area contributed by atoms with Gasteiger partial charge in [-0.15, -0.1) is 11.3 Å². The van der Waals surface area contributed by atoms with Crippen molar-refractivity contribution in [3.63, 3.8) is 0 Å². The van der Waals surface area contributed by atoms with Gasteiger partial charge in [-0.2, -0.15) is 0 Å². The van der Waals surface area contributed by atoms with Crippen molar-refractivity contribution in [1.82, 2.24) is 14.7 Å². The molecule has 8 nitrogen and oxygen atoms in total. The van der Waals surface area contributed by atoms with Crippen molar-refractivity contribution in [1.29, 1.82) is 0 Å². The number of anilines is 1.